The fourth-order valence-electron chi connectivity index (χ4n) is 3.52. The van der Waals surface area contributed by atoms with Crippen LogP contribution in [0.3, 0.4) is 0 Å². The Kier molecular flexibility index (Phi) is 2.94. The number of carbonyl (C=O) groups excluding carboxylic acids is 2. The largest absolute Gasteiger partial charge is 0.375 e. The first-order chi connectivity index (χ1) is 9.46. The summed E-state index contributed by atoms with van der Waals surface area (Å²) in [5, 5.41) is 11.1. The van der Waals surface area contributed by atoms with Gasteiger partial charge in [0, 0.05) is 19.0 Å². The first-order valence-corrected chi connectivity index (χ1v) is 7.09. The number of fused-ring (bicyclic) bond motifs is 1. The standard InChI is InChI=1S/C16H19NO3/c1-10-7-8-14(18)12(9-10)16(20)11-5-3-4-6-13(11)17(2)15(16)19/h3-6,10,12,20H,7-9H2,1-2H3/t10-,12+,16-/m1/s1. The first-order valence-electron chi connectivity index (χ1n) is 7.09. The molecular formula is C16H19NO3. The van der Waals surface area contributed by atoms with Gasteiger partial charge in [0.2, 0.25) is 0 Å². The summed E-state index contributed by atoms with van der Waals surface area (Å²) in [6.45, 7) is 2.07. The van der Waals surface area contributed by atoms with Crippen molar-refractivity contribution in [3.05, 3.63) is 29.8 Å². The van der Waals surface area contributed by atoms with Crippen molar-refractivity contribution < 1.29 is 14.7 Å². The van der Waals surface area contributed by atoms with Gasteiger partial charge in [-0.15, -0.1) is 0 Å². The SMILES string of the molecule is C[C@@H]1CCC(=O)[C@@H]([C@@]2(O)C(=O)N(C)c3ccccc32)C1. The van der Waals surface area contributed by atoms with E-state index in [1.54, 1.807) is 19.2 Å². The second-order valence-corrected chi connectivity index (χ2v) is 6.05. The summed E-state index contributed by atoms with van der Waals surface area (Å²) < 4.78 is 0. The lowest BCUT2D eigenvalue weighted by Gasteiger charge is -2.35. The number of anilines is 1. The topological polar surface area (TPSA) is 57.6 Å². The van der Waals surface area contributed by atoms with Crippen LogP contribution in [0.15, 0.2) is 24.3 Å². The zero-order valence-electron chi connectivity index (χ0n) is 11.8. The van der Waals surface area contributed by atoms with Crippen LogP contribution in [0.2, 0.25) is 0 Å². The van der Waals surface area contributed by atoms with Crippen LogP contribution in [0, 0.1) is 11.8 Å². The minimum absolute atomic E-state index is 0.00375. The van der Waals surface area contributed by atoms with Crippen molar-refractivity contribution in [3.63, 3.8) is 0 Å². The lowest BCUT2D eigenvalue weighted by atomic mass is 9.70. The van der Waals surface area contributed by atoms with Crippen LogP contribution in [-0.4, -0.2) is 23.8 Å². The van der Waals surface area contributed by atoms with Crippen LogP contribution in [0.4, 0.5) is 5.69 Å². The third-order valence-electron chi connectivity index (χ3n) is 4.72. The lowest BCUT2D eigenvalue weighted by Crippen LogP contribution is -2.49. The van der Waals surface area contributed by atoms with E-state index < -0.39 is 11.5 Å². The first kappa shape index (κ1) is 13.3. The molecule has 106 valence electrons. The molecule has 0 bridgehead atoms. The number of likely N-dealkylation sites (N-methyl/N-ethyl adjacent to an activating group) is 1. The van der Waals surface area contributed by atoms with Gasteiger partial charge < -0.3 is 10.0 Å². The van der Waals surface area contributed by atoms with Crippen molar-refractivity contribution >= 4 is 17.4 Å². The van der Waals surface area contributed by atoms with Crippen LogP contribution in [-0.2, 0) is 15.2 Å². The van der Waals surface area contributed by atoms with Crippen molar-refractivity contribution in [2.75, 3.05) is 11.9 Å². The summed E-state index contributed by atoms with van der Waals surface area (Å²) in [5.41, 5.74) is -0.414. The van der Waals surface area contributed by atoms with Gasteiger partial charge in [-0.3, -0.25) is 9.59 Å². The molecule has 4 nitrogen and oxygen atoms in total. The number of hydrogen-bond acceptors (Lipinski definition) is 3. The number of amides is 1. The van der Waals surface area contributed by atoms with Crippen molar-refractivity contribution in [1.29, 1.82) is 0 Å². The van der Waals surface area contributed by atoms with Gasteiger partial charge in [0.1, 0.15) is 5.78 Å². The summed E-state index contributed by atoms with van der Waals surface area (Å²) in [4.78, 5) is 26.3. The Morgan fingerprint density at radius 3 is 2.75 bits per heavy atom. The molecule has 1 aliphatic carbocycles. The van der Waals surface area contributed by atoms with Crippen LogP contribution in [0.1, 0.15) is 31.7 Å². The van der Waals surface area contributed by atoms with Crippen molar-refractivity contribution in [1.82, 2.24) is 0 Å². The van der Waals surface area contributed by atoms with Crippen LogP contribution < -0.4 is 4.90 Å². The van der Waals surface area contributed by atoms with Gasteiger partial charge in [-0.05, 0) is 24.8 Å². The zero-order chi connectivity index (χ0) is 14.5. The number of aliphatic hydroxyl groups is 1. The predicted molar refractivity (Wildman–Crippen MR) is 75.3 cm³/mol. The quantitative estimate of drug-likeness (QED) is 0.849. The Morgan fingerprint density at radius 2 is 2.00 bits per heavy atom. The van der Waals surface area contributed by atoms with E-state index in [4.69, 9.17) is 0 Å². The third kappa shape index (κ3) is 1.64. The number of ketones is 1. The van der Waals surface area contributed by atoms with Gasteiger partial charge in [-0.1, -0.05) is 25.1 Å². The summed E-state index contributed by atoms with van der Waals surface area (Å²) in [6, 6.07) is 7.19. The van der Waals surface area contributed by atoms with Crippen LogP contribution in [0.25, 0.3) is 0 Å². The number of rotatable bonds is 1. The van der Waals surface area contributed by atoms with E-state index in [-0.39, 0.29) is 11.7 Å². The molecule has 0 saturated heterocycles. The van der Waals surface area contributed by atoms with Gasteiger partial charge in [0.15, 0.2) is 5.60 Å². The minimum Gasteiger partial charge on any atom is -0.375 e. The molecule has 1 amide bonds. The summed E-state index contributed by atoms with van der Waals surface area (Å²) in [7, 11) is 1.65. The minimum atomic E-state index is -1.68. The molecule has 1 saturated carbocycles. The van der Waals surface area contributed by atoms with Crippen molar-refractivity contribution in [2.45, 2.75) is 31.8 Å². The third-order valence-corrected chi connectivity index (χ3v) is 4.72. The van der Waals surface area contributed by atoms with Gasteiger partial charge in [0.25, 0.3) is 5.91 Å². The Bertz CT molecular complexity index is 583. The van der Waals surface area contributed by atoms with E-state index >= 15 is 0 Å². The molecule has 1 fully saturated rings. The highest BCUT2D eigenvalue weighted by atomic mass is 16.3. The van der Waals surface area contributed by atoms with E-state index in [9.17, 15) is 14.7 Å². The molecule has 4 heteroatoms. The van der Waals surface area contributed by atoms with E-state index in [1.807, 2.05) is 12.1 Å². The average Bonchev–Trinajstić information content (AvgIpc) is 2.65. The molecule has 0 spiro atoms. The predicted octanol–water partition coefficient (Wildman–Crippen LogP) is 1.86. The summed E-state index contributed by atoms with van der Waals surface area (Å²) in [6.07, 6.45) is 1.87. The van der Waals surface area contributed by atoms with Gasteiger partial charge in [-0.2, -0.15) is 0 Å². The number of hydrogen-bond donors (Lipinski definition) is 1. The molecule has 1 aliphatic heterocycles. The molecule has 20 heavy (non-hydrogen) atoms. The fourth-order valence-corrected chi connectivity index (χ4v) is 3.52. The van der Waals surface area contributed by atoms with Gasteiger partial charge in [0.05, 0.1) is 11.6 Å². The summed E-state index contributed by atoms with van der Waals surface area (Å²) >= 11 is 0. The lowest BCUT2D eigenvalue weighted by molar-refractivity contribution is -0.153. The molecule has 1 aromatic carbocycles. The maximum absolute atomic E-state index is 12.6. The highest BCUT2D eigenvalue weighted by Gasteiger charge is 2.56. The Hall–Kier alpha value is -1.68. The molecule has 3 rings (SSSR count). The number of nitrogens with zero attached hydrogens (tertiary/aromatic N) is 1. The van der Waals surface area contributed by atoms with E-state index in [2.05, 4.69) is 6.92 Å². The Balaban J connectivity index is 2.11. The number of carbonyl (C=O) groups is 2. The number of Topliss-reactive ketones (excluding diaryl/α,β-unsaturated/α-hetero) is 1. The maximum atomic E-state index is 12.6. The molecule has 0 unspecified atom stereocenters. The van der Waals surface area contributed by atoms with Crippen LogP contribution >= 0.6 is 0 Å². The Morgan fingerprint density at radius 1 is 1.30 bits per heavy atom. The molecule has 1 N–H and O–H groups in total. The monoisotopic (exact) mass is 273 g/mol. The van der Waals surface area contributed by atoms with Gasteiger partial charge in [-0.25, -0.2) is 0 Å². The van der Waals surface area contributed by atoms with Crippen LogP contribution in [0.5, 0.6) is 0 Å². The second-order valence-electron chi connectivity index (χ2n) is 6.05. The van der Waals surface area contributed by atoms with Gasteiger partial charge >= 0.3 is 0 Å². The van der Waals surface area contributed by atoms with Crippen molar-refractivity contribution in [2.24, 2.45) is 11.8 Å². The van der Waals surface area contributed by atoms with E-state index in [0.29, 0.717) is 30.0 Å². The van der Waals surface area contributed by atoms with E-state index in [1.165, 1.54) is 4.90 Å². The normalized spacial score (nSPS) is 33.5. The highest BCUT2D eigenvalue weighted by Crippen LogP contribution is 2.47. The second kappa shape index (κ2) is 4.42. The maximum Gasteiger partial charge on any atom is 0.264 e. The molecule has 0 aromatic heterocycles. The molecule has 1 heterocycles. The zero-order valence-corrected chi connectivity index (χ0v) is 11.8. The molecule has 3 atom stereocenters. The Labute approximate surface area is 118 Å². The average molecular weight is 273 g/mol. The van der Waals surface area contributed by atoms with Crippen molar-refractivity contribution in [3.8, 4) is 0 Å². The smallest absolute Gasteiger partial charge is 0.264 e. The summed E-state index contributed by atoms with van der Waals surface area (Å²) in [5.74, 6) is -0.646. The fraction of sp³-hybridized carbons (Fsp3) is 0.500. The molecule has 2 aliphatic rings. The molecule has 1 aromatic rings. The number of benzene rings is 1. The molecule has 0 radical (unpaired) electrons. The molecular weight excluding hydrogens is 254 g/mol. The highest BCUT2D eigenvalue weighted by molar-refractivity contribution is 6.09. The van der Waals surface area contributed by atoms with E-state index in [0.717, 1.165) is 6.42 Å². The number of para-hydroxylation sites is 1.